The Bertz CT molecular complexity index is 912. The van der Waals surface area contributed by atoms with E-state index in [1.807, 2.05) is 19.1 Å². The molecule has 0 bridgehead atoms. The van der Waals surface area contributed by atoms with Crippen molar-refractivity contribution in [3.05, 3.63) is 70.2 Å². The average Bonchev–Trinajstić information content (AvgIpc) is 2.91. The largest absolute Gasteiger partial charge is 0.597 e. The summed E-state index contributed by atoms with van der Waals surface area (Å²) in [7, 11) is 0. The molecule has 2 unspecified atom stereocenters. The molecule has 0 aromatic heterocycles. The van der Waals surface area contributed by atoms with E-state index in [4.69, 9.17) is 16.3 Å². The summed E-state index contributed by atoms with van der Waals surface area (Å²) in [5.41, 5.74) is 0.190. The molecule has 0 N–H and O–H groups in total. The molecule has 1 amide bonds. The van der Waals surface area contributed by atoms with Crippen LogP contribution in [-0.2, 0) is 4.74 Å². The summed E-state index contributed by atoms with van der Waals surface area (Å²) in [6.45, 7) is 7.21. The quantitative estimate of drug-likeness (QED) is 0.561. The molecule has 0 aliphatic carbocycles. The molecule has 0 spiro atoms. The van der Waals surface area contributed by atoms with Crippen molar-refractivity contribution in [3.8, 4) is 0 Å². The van der Waals surface area contributed by atoms with Crippen molar-refractivity contribution in [1.82, 2.24) is 0 Å². The molecule has 2 atom stereocenters. The van der Waals surface area contributed by atoms with Gasteiger partial charge in [0.25, 0.3) is 0 Å². The van der Waals surface area contributed by atoms with Crippen LogP contribution in [0, 0.1) is 17.6 Å². The highest BCUT2D eigenvalue weighted by Gasteiger charge is 2.48. The zero-order valence-corrected chi connectivity index (χ0v) is 17.1. The second-order valence-corrected chi connectivity index (χ2v) is 8.51. The van der Waals surface area contributed by atoms with Crippen molar-refractivity contribution in [3.63, 3.8) is 0 Å². The molecule has 1 aliphatic rings. The molecule has 3 nitrogen and oxygen atoms in total. The molecule has 1 heterocycles. The summed E-state index contributed by atoms with van der Waals surface area (Å²) in [6.07, 6.45) is -0.292. The van der Waals surface area contributed by atoms with Gasteiger partial charge in [0.15, 0.2) is 6.04 Å². The third-order valence-corrected chi connectivity index (χ3v) is 4.93. The number of hydrogen-bond acceptors (Lipinski definition) is 2. The zero-order valence-electron chi connectivity index (χ0n) is 16.3. The lowest BCUT2D eigenvalue weighted by molar-refractivity contribution is -0.495. The number of hydrogen-bond donors (Lipinski definition) is 0. The summed E-state index contributed by atoms with van der Waals surface area (Å²) in [5, 5.41) is 0.572. The Kier molecular flexibility index (Phi) is 5.57. The minimum atomic E-state index is -0.744. The van der Waals surface area contributed by atoms with Gasteiger partial charge in [0.05, 0.1) is 0 Å². The average molecular weight is 407 g/mol. The second-order valence-electron chi connectivity index (χ2n) is 8.07. The van der Waals surface area contributed by atoms with Crippen molar-refractivity contribution in [2.75, 3.05) is 0 Å². The van der Waals surface area contributed by atoms with Crippen LogP contribution >= 0.6 is 11.6 Å². The normalized spacial score (nSPS) is 19.8. The number of carbonyl (C=O) groups excluding carboxylic acids is 1. The highest BCUT2D eigenvalue weighted by molar-refractivity contribution is 6.30. The van der Waals surface area contributed by atoms with Crippen LogP contribution in [0.3, 0.4) is 0 Å². The van der Waals surface area contributed by atoms with E-state index in [1.54, 1.807) is 32.9 Å². The Morgan fingerprint density at radius 3 is 2.21 bits per heavy atom. The van der Waals surface area contributed by atoms with Gasteiger partial charge < -0.3 is 4.74 Å². The molecule has 0 radical (unpaired) electrons. The summed E-state index contributed by atoms with van der Waals surface area (Å²) < 4.78 is 36.0. The highest BCUT2D eigenvalue weighted by atomic mass is 35.5. The van der Waals surface area contributed by atoms with Crippen LogP contribution in [0.1, 0.15) is 51.3 Å². The van der Waals surface area contributed by atoms with Crippen molar-refractivity contribution >= 4 is 23.4 Å². The molecule has 0 saturated heterocycles. The van der Waals surface area contributed by atoms with Crippen LogP contribution in [0.5, 0.6) is 0 Å². The maximum Gasteiger partial charge on any atom is 0.597 e. The minimum Gasteiger partial charge on any atom is -0.406 e. The fourth-order valence-corrected chi connectivity index (χ4v) is 3.73. The number of rotatable bonds is 2. The third-order valence-electron chi connectivity index (χ3n) is 4.68. The van der Waals surface area contributed by atoms with E-state index in [-0.39, 0.29) is 17.2 Å². The molecule has 0 fully saturated rings. The fraction of sp³-hybridized carbons (Fsp3) is 0.364. The maximum atomic E-state index is 14.5. The van der Waals surface area contributed by atoms with Crippen LogP contribution in [0.2, 0.25) is 5.02 Å². The lowest BCUT2D eigenvalue weighted by Crippen LogP contribution is -2.34. The Morgan fingerprint density at radius 2 is 1.68 bits per heavy atom. The van der Waals surface area contributed by atoms with Crippen molar-refractivity contribution in [1.29, 1.82) is 0 Å². The summed E-state index contributed by atoms with van der Waals surface area (Å²) in [6, 6.07) is 10.4. The van der Waals surface area contributed by atoms with Crippen molar-refractivity contribution in [2.24, 2.45) is 5.92 Å². The van der Waals surface area contributed by atoms with Crippen molar-refractivity contribution < 1.29 is 22.9 Å². The van der Waals surface area contributed by atoms with E-state index in [0.29, 0.717) is 11.4 Å². The van der Waals surface area contributed by atoms with E-state index >= 15 is 0 Å². The molecular weight excluding hydrogens is 384 g/mol. The molecular formula is C22H23ClF2NO2+. The summed E-state index contributed by atoms with van der Waals surface area (Å²) in [4.78, 5) is 13.1. The van der Waals surface area contributed by atoms with Gasteiger partial charge in [0, 0.05) is 22.9 Å². The standard InChI is InChI=1S/C22H23ClF2NO2/c1-13-12-18(19-16(24)6-5-7-17(19)25)26(21(27)28-22(2,3)4)20(13)14-8-10-15(23)11-9-14/h5-11,13,20H,12H2,1-4H3/q+1. The van der Waals surface area contributed by atoms with E-state index in [9.17, 15) is 13.6 Å². The molecule has 6 heteroatoms. The van der Waals surface area contributed by atoms with E-state index in [1.165, 1.54) is 22.8 Å². The predicted molar refractivity (Wildman–Crippen MR) is 105 cm³/mol. The lowest BCUT2D eigenvalue weighted by Gasteiger charge is -2.20. The van der Waals surface area contributed by atoms with Gasteiger partial charge in [-0.3, -0.25) is 0 Å². The smallest absolute Gasteiger partial charge is 0.406 e. The number of carbonyl (C=O) groups is 1. The van der Waals surface area contributed by atoms with E-state index in [0.717, 1.165) is 5.56 Å². The first-order valence-electron chi connectivity index (χ1n) is 9.16. The van der Waals surface area contributed by atoms with E-state index in [2.05, 4.69) is 0 Å². The number of amides is 1. The second kappa shape index (κ2) is 7.63. The Balaban J connectivity index is 2.20. The van der Waals surface area contributed by atoms with Crippen LogP contribution in [0.25, 0.3) is 0 Å². The van der Waals surface area contributed by atoms with Gasteiger partial charge >= 0.3 is 6.09 Å². The van der Waals surface area contributed by atoms with Gasteiger partial charge in [0.2, 0.25) is 5.71 Å². The topological polar surface area (TPSA) is 29.3 Å². The monoisotopic (exact) mass is 406 g/mol. The summed E-state index contributed by atoms with van der Waals surface area (Å²) in [5.74, 6) is -1.47. The Labute approximate surface area is 168 Å². The first-order chi connectivity index (χ1) is 13.1. The first kappa shape index (κ1) is 20.5. The van der Waals surface area contributed by atoms with Gasteiger partial charge in [-0.2, -0.15) is 4.79 Å². The molecule has 2 aromatic rings. The lowest BCUT2D eigenvalue weighted by atomic mass is 9.93. The Morgan fingerprint density at radius 1 is 1.11 bits per heavy atom. The van der Waals surface area contributed by atoms with Gasteiger partial charge in [-0.25, -0.2) is 8.78 Å². The van der Waals surface area contributed by atoms with Gasteiger partial charge in [-0.15, -0.1) is 4.58 Å². The molecule has 2 aromatic carbocycles. The predicted octanol–water partition coefficient (Wildman–Crippen LogP) is 6.14. The van der Waals surface area contributed by atoms with Gasteiger partial charge in [0.1, 0.15) is 22.8 Å². The van der Waals surface area contributed by atoms with E-state index < -0.39 is 29.4 Å². The van der Waals surface area contributed by atoms with Crippen LogP contribution in [-0.4, -0.2) is 22.0 Å². The third kappa shape index (κ3) is 4.09. The molecule has 1 aliphatic heterocycles. The number of halogens is 3. The van der Waals surface area contributed by atoms with Gasteiger partial charge in [-0.05, 0) is 45.0 Å². The fourth-order valence-electron chi connectivity index (χ4n) is 3.61. The van der Waals surface area contributed by atoms with Crippen molar-refractivity contribution in [2.45, 2.75) is 45.8 Å². The molecule has 28 heavy (non-hydrogen) atoms. The Hall–Kier alpha value is -2.27. The SMILES string of the molecule is CC1CC(c2c(F)cccc2F)=[N+](C(=O)OC(C)(C)C)C1c1ccc(Cl)cc1. The van der Waals surface area contributed by atoms with Crippen LogP contribution < -0.4 is 0 Å². The van der Waals surface area contributed by atoms with Gasteiger partial charge in [-0.1, -0.05) is 36.7 Å². The molecule has 3 rings (SSSR count). The first-order valence-corrected chi connectivity index (χ1v) is 9.54. The molecule has 0 saturated carbocycles. The number of benzene rings is 2. The number of nitrogens with zero attached hydrogens (tertiary/aromatic N) is 1. The minimum absolute atomic E-state index is 0.0669. The summed E-state index contributed by atoms with van der Waals surface area (Å²) >= 11 is 6.00. The van der Waals surface area contributed by atoms with Crippen LogP contribution in [0.15, 0.2) is 42.5 Å². The maximum absolute atomic E-state index is 14.5. The molecule has 148 valence electrons. The number of ether oxygens (including phenoxy) is 1. The van der Waals surface area contributed by atoms with Crippen LogP contribution in [0.4, 0.5) is 13.6 Å². The zero-order chi connectivity index (χ0) is 20.6. The highest BCUT2D eigenvalue weighted by Crippen LogP contribution is 2.38.